The first-order valence-corrected chi connectivity index (χ1v) is 7.86. The van der Waals surface area contributed by atoms with Crippen LogP contribution in [0.25, 0.3) is 0 Å². The Labute approximate surface area is 128 Å². The highest BCUT2D eigenvalue weighted by atomic mass is 127. The Bertz CT molecular complexity index is 430. The van der Waals surface area contributed by atoms with Crippen LogP contribution in [0.1, 0.15) is 76.1 Å². The zero-order chi connectivity index (χ0) is 14.0. The van der Waals surface area contributed by atoms with Crippen LogP contribution in [0.3, 0.4) is 0 Å². The molecule has 0 aliphatic carbocycles. The summed E-state index contributed by atoms with van der Waals surface area (Å²) in [6.07, 6.45) is 0. The van der Waals surface area contributed by atoms with E-state index in [1.165, 1.54) is 11.1 Å². The second kappa shape index (κ2) is 6.37. The summed E-state index contributed by atoms with van der Waals surface area (Å²) in [5, 5.41) is 0. The van der Waals surface area contributed by atoms with Crippen molar-refractivity contribution in [3.63, 3.8) is 0 Å². The molecule has 1 rings (SSSR count). The second-order valence-corrected chi connectivity index (χ2v) is 6.74. The van der Waals surface area contributed by atoms with Crippen LogP contribution in [0.5, 0.6) is 5.75 Å². The van der Waals surface area contributed by atoms with Crippen molar-refractivity contribution in [1.82, 2.24) is 4.98 Å². The van der Waals surface area contributed by atoms with Crippen molar-refractivity contribution >= 4 is 33.1 Å². The van der Waals surface area contributed by atoms with Crippen molar-refractivity contribution in [3.05, 3.63) is 20.5 Å². The van der Waals surface area contributed by atoms with Gasteiger partial charge in [0.15, 0.2) is 0 Å². The maximum Gasteiger partial charge on any atom is 0.341 e. The van der Waals surface area contributed by atoms with Crippen molar-refractivity contribution < 1.29 is 4.43 Å². The summed E-state index contributed by atoms with van der Waals surface area (Å²) in [6.45, 7) is 13.1. The van der Waals surface area contributed by atoms with Gasteiger partial charge >= 0.3 is 10.5 Å². The molecule has 0 amide bonds. The lowest BCUT2D eigenvalue weighted by Gasteiger charge is -2.24. The largest absolute Gasteiger partial charge is 0.539 e. The lowest BCUT2D eigenvalue weighted by atomic mass is 9.89. The first kappa shape index (κ1) is 16.0. The van der Waals surface area contributed by atoms with Crippen LogP contribution in [-0.2, 0) is 0 Å². The highest BCUT2D eigenvalue weighted by Crippen LogP contribution is 2.40. The van der Waals surface area contributed by atoms with Gasteiger partial charge in [-0.15, -0.1) is 0 Å². The number of hydrogen-bond donors (Lipinski definition) is 0. The van der Waals surface area contributed by atoms with E-state index in [-0.39, 0.29) is 0 Å². The molecular formula is C14H21INOSi. The molecule has 0 N–H and O–H groups in total. The van der Waals surface area contributed by atoms with E-state index >= 15 is 0 Å². The smallest absolute Gasteiger partial charge is 0.341 e. The standard InChI is InChI=1S/C14H21INOSi/c1-7(2)10-11(8(3)4)14(15)16-12(9(5)6)13(10)17-18/h7-9H,1-6H3. The van der Waals surface area contributed by atoms with Gasteiger partial charge in [0, 0.05) is 5.56 Å². The zero-order valence-corrected chi connectivity index (χ0v) is 15.1. The van der Waals surface area contributed by atoms with Crippen LogP contribution < -0.4 is 4.43 Å². The molecule has 4 heteroatoms. The molecule has 2 nitrogen and oxygen atoms in total. The summed E-state index contributed by atoms with van der Waals surface area (Å²) < 4.78 is 6.58. The summed E-state index contributed by atoms with van der Waals surface area (Å²) in [4.78, 5) is 4.74. The quantitative estimate of drug-likeness (QED) is 0.439. The van der Waals surface area contributed by atoms with Crippen molar-refractivity contribution in [2.75, 3.05) is 0 Å². The van der Waals surface area contributed by atoms with Gasteiger partial charge in [-0.3, -0.25) is 0 Å². The van der Waals surface area contributed by atoms with Crippen LogP contribution in [0.4, 0.5) is 0 Å². The number of halogens is 1. The Balaban J connectivity index is 3.66. The predicted molar refractivity (Wildman–Crippen MR) is 85.6 cm³/mol. The highest BCUT2D eigenvalue weighted by Gasteiger charge is 2.24. The fourth-order valence-electron chi connectivity index (χ4n) is 2.21. The second-order valence-electron chi connectivity index (χ2n) is 5.51. The van der Waals surface area contributed by atoms with E-state index < -0.39 is 0 Å². The summed E-state index contributed by atoms with van der Waals surface area (Å²) in [5.74, 6) is 2.12. The lowest BCUT2D eigenvalue weighted by Crippen LogP contribution is -2.11. The van der Waals surface area contributed by atoms with Gasteiger partial charge in [0.25, 0.3) is 0 Å². The Kier molecular flexibility index (Phi) is 5.64. The third-order valence-corrected chi connectivity index (χ3v) is 4.04. The topological polar surface area (TPSA) is 22.1 Å². The third-order valence-electron chi connectivity index (χ3n) is 3.01. The van der Waals surface area contributed by atoms with Crippen LogP contribution >= 0.6 is 22.6 Å². The molecule has 0 unspecified atom stereocenters. The van der Waals surface area contributed by atoms with Gasteiger partial charge in [-0.1, -0.05) is 41.5 Å². The van der Waals surface area contributed by atoms with E-state index in [0.29, 0.717) is 17.8 Å². The molecule has 0 spiro atoms. The van der Waals surface area contributed by atoms with E-state index in [1.807, 2.05) is 0 Å². The molecule has 0 saturated carbocycles. The van der Waals surface area contributed by atoms with Crippen LogP contribution in [-0.4, -0.2) is 15.5 Å². The molecule has 1 heterocycles. The Morgan fingerprint density at radius 1 is 0.944 bits per heavy atom. The average molecular weight is 374 g/mol. The van der Waals surface area contributed by atoms with Gasteiger partial charge in [0.2, 0.25) is 0 Å². The predicted octanol–water partition coefficient (Wildman–Crippen LogP) is 4.52. The molecule has 0 aliphatic rings. The number of rotatable bonds is 4. The van der Waals surface area contributed by atoms with Crippen LogP contribution in [0.15, 0.2) is 0 Å². The van der Waals surface area contributed by atoms with Gasteiger partial charge in [0.05, 0.1) is 5.69 Å². The maximum atomic E-state index is 5.48. The molecule has 0 bridgehead atoms. The Morgan fingerprint density at radius 3 is 1.78 bits per heavy atom. The summed E-state index contributed by atoms with van der Waals surface area (Å²) in [6, 6.07) is 0. The third kappa shape index (κ3) is 3.07. The Hall–Kier alpha value is -0.103. The zero-order valence-electron chi connectivity index (χ0n) is 12.0. The minimum atomic E-state index is 0.351. The minimum Gasteiger partial charge on any atom is -0.539 e. The van der Waals surface area contributed by atoms with Gasteiger partial charge in [0.1, 0.15) is 9.45 Å². The number of hydrogen-bond acceptors (Lipinski definition) is 2. The molecule has 99 valence electrons. The lowest BCUT2D eigenvalue weighted by molar-refractivity contribution is 0.562. The fourth-order valence-corrected chi connectivity index (χ4v) is 3.60. The van der Waals surface area contributed by atoms with E-state index in [0.717, 1.165) is 15.1 Å². The Morgan fingerprint density at radius 2 is 1.44 bits per heavy atom. The minimum absolute atomic E-state index is 0.351. The molecule has 1 aromatic rings. The van der Waals surface area contributed by atoms with Gasteiger partial charge in [-0.2, -0.15) is 0 Å². The SMILES string of the molecule is CC(C)c1nc(I)c(C(C)C)c(C(C)C)c1O[Si]. The van der Waals surface area contributed by atoms with Crippen molar-refractivity contribution in [1.29, 1.82) is 0 Å². The number of nitrogens with zero attached hydrogens (tertiary/aromatic N) is 1. The van der Waals surface area contributed by atoms with Crippen molar-refractivity contribution in [3.8, 4) is 5.75 Å². The van der Waals surface area contributed by atoms with Crippen molar-refractivity contribution in [2.45, 2.75) is 59.3 Å². The summed E-state index contributed by atoms with van der Waals surface area (Å²) >= 11 is 2.34. The molecule has 0 saturated heterocycles. The van der Waals surface area contributed by atoms with E-state index in [1.54, 1.807) is 0 Å². The molecule has 1 aromatic heterocycles. The molecule has 3 radical (unpaired) electrons. The normalized spacial score (nSPS) is 11.7. The van der Waals surface area contributed by atoms with Gasteiger partial charge in [-0.05, 0) is 45.9 Å². The monoisotopic (exact) mass is 374 g/mol. The number of pyridine rings is 1. The fraction of sp³-hybridized carbons (Fsp3) is 0.643. The first-order valence-electron chi connectivity index (χ1n) is 6.37. The summed E-state index contributed by atoms with van der Waals surface area (Å²) in [5.41, 5.74) is 3.62. The molecule has 18 heavy (non-hydrogen) atoms. The average Bonchev–Trinajstić information content (AvgIpc) is 2.26. The van der Waals surface area contributed by atoms with Crippen molar-refractivity contribution in [2.24, 2.45) is 0 Å². The van der Waals surface area contributed by atoms with E-state index in [2.05, 4.69) is 74.6 Å². The first-order chi connectivity index (χ1) is 8.31. The van der Waals surface area contributed by atoms with Crippen LogP contribution in [0.2, 0.25) is 0 Å². The molecule has 0 atom stereocenters. The van der Waals surface area contributed by atoms with Gasteiger partial charge < -0.3 is 4.43 Å². The molecule has 0 fully saturated rings. The maximum absolute atomic E-state index is 5.48. The van der Waals surface area contributed by atoms with E-state index in [9.17, 15) is 0 Å². The molecule has 0 aromatic carbocycles. The summed E-state index contributed by atoms with van der Waals surface area (Å²) in [7, 11) is 3.21. The number of aromatic nitrogens is 1. The van der Waals surface area contributed by atoms with E-state index in [4.69, 9.17) is 9.41 Å². The highest BCUT2D eigenvalue weighted by molar-refractivity contribution is 14.1. The van der Waals surface area contributed by atoms with Gasteiger partial charge in [-0.25, -0.2) is 4.98 Å². The van der Waals surface area contributed by atoms with Crippen LogP contribution in [0, 0.1) is 3.70 Å². The molecular weight excluding hydrogens is 353 g/mol. The molecule has 0 aliphatic heterocycles.